The lowest BCUT2D eigenvalue weighted by Crippen LogP contribution is -2.13. The lowest BCUT2D eigenvalue weighted by Gasteiger charge is -1.93. The molecule has 0 aliphatic rings. The van der Waals surface area contributed by atoms with Crippen LogP contribution >= 0.6 is 0 Å². The molecule has 15 heavy (non-hydrogen) atoms. The summed E-state index contributed by atoms with van der Waals surface area (Å²) in [6, 6.07) is 0. The maximum absolute atomic E-state index is 10.6. The first kappa shape index (κ1) is 12.7. The number of amides is 2. The average Bonchev–Trinajstić information content (AvgIpc) is 2.26. The molecule has 0 atom stereocenters. The van der Waals surface area contributed by atoms with Crippen molar-refractivity contribution in [1.29, 1.82) is 0 Å². The molecule has 0 radical (unpaired) electrons. The molecular weight excluding hydrogens is 196 g/mol. The molecule has 0 spiro atoms. The number of carbonyl (C=O) groups excluding carboxylic acids is 2. The highest BCUT2D eigenvalue weighted by Gasteiger charge is 1.86. The lowest BCUT2D eigenvalue weighted by molar-refractivity contribution is -0.116. The van der Waals surface area contributed by atoms with E-state index in [0.717, 1.165) is 12.2 Å². The van der Waals surface area contributed by atoms with Gasteiger partial charge in [-0.15, -0.1) is 0 Å². The summed E-state index contributed by atoms with van der Waals surface area (Å²) < 4.78 is 4.76. The summed E-state index contributed by atoms with van der Waals surface area (Å²) in [5, 5.41) is 4.69. The van der Waals surface area contributed by atoms with Gasteiger partial charge in [0, 0.05) is 12.4 Å². The maximum atomic E-state index is 10.6. The predicted octanol–water partition coefficient (Wildman–Crippen LogP) is 0.550. The topological polar surface area (TPSA) is 67.4 Å². The summed E-state index contributed by atoms with van der Waals surface area (Å²) >= 11 is 0. The van der Waals surface area contributed by atoms with E-state index in [1.54, 1.807) is 0 Å². The van der Waals surface area contributed by atoms with Crippen molar-refractivity contribution >= 4 is 11.8 Å². The summed E-state index contributed by atoms with van der Waals surface area (Å²) in [4.78, 5) is 21.2. The first-order chi connectivity index (χ1) is 7.20. The van der Waals surface area contributed by atoms with E-state index < -0.39 is 0 Å². The van der Waals surface area contributed by atoms with Crippen molar-refractivity contribution in [3.63, 3.8) is 0 Å². The highest BCUT2D eigenvalue weighted by Crippen LogP contribution is 1.78. The van der Waals surface area contributed by atoms with Crippen LogP contribution in [0.1, 0.15) is 0 Å². The van der Waals surface area contributed by atoms with Crippen LogP contribution in [0.25, 0.3) is 0 Å². The summed E-state index contributed by atoms with van der Waals surface area (Å²) in [6.07, 6.45) is 7.32. The summed E-state index contributed by atoms with van der Waals surface area (Å²) in [6.45, 7) is 6.52. The minimum absolute atomic E-state index is 0.334. The molecule has 0 saturated carbocycles. The van der Waals surface area contributed by atoms with Crippen LogP contribution in [-0.4, -0.2) is 11.8 Å². The quantitative estimate of drug-likeness (QED) is 0.494. The Balaban J connectivity index is 3.60. The molecule has 0 aliphatic carbocycles. The maximum Gasteiger partial charge on any atom is 0.247 e. The van der Waals surface area contributed by atoms with Crippen molar-refractivity contribution in [2.45, 2.75) is 0 Å². The molecule has 0 aromatic heterocycles. The van der Waals surface area contributed by atoms with Gasteiger partial charge < -0.3 is 15.4 Å². The van der Waals surface area contributed by atoms with Crippen LogP contribution < -0.4 is 10.6 Å². The van der Waals surface area contributed by atoms with Crippen molar-refractivity contribution in [2.75, 3.05) is 0 Å². The highest BCUT2D eigenvalue weighted by molar-refractivity contribution is 5.87. The van der Waals surface area contributed by atoms with Gasteiger partial charge in [0.2, 0.25) is 11.8 Å². The molecule has 0 bridgehead atoms. The molecule has 80 valence electrons. The van der Waals surface area contributed by atoms with Crippen LogP contribution in [0, 0.1) is 0 Å². The van der Waals surface area contributed by atoms with Crippen LogP contribution in [-0.2, 0) is 14.3 Å². The van der Waals surface area contributed by atoms with E-state index in [4.69, 9.17) is 4.74 Å². The fourth-order valence-corrected chi connectivity index (χ4v) is 0.474. The molecular formula is C10H12N2O3. The minimum atomic E-state index is -0.334. The Morgan fingerprint density at radius 2 is 1.33 bits per heavy atom. The van der Waals surface area contributed by atoms with E-state index in [0.29, 0.717) is 0 Å². The first-order valence-corrected chi connectivity index (χ1v) is 4.02. The Bertz CT molecular complexity index is 276. The third kappa shape index (κ3) is 8.04. The molecule has 5 nitrogen and oxygen atoms in total. The van der Waals surface area contributed by atoms with Crippen LogP contribution in [0.5, 0.6) is 0 Å². The van der Waals surface area contributed by atoms with E-state index in [1.165, 1.54) is 24.9 Å². The van der Waals surface area contributed by atoms with Gasteiger partial charge in [-0.05, 0) is 12.2 Å². The largest absolute Gasteiger partial charge is 0.470 e. The number of hydrogen-bond donors (Lipinski definition) is 2. The normalized spacial score (nSPS) is 9.87. The Hall–Kier alpha value is -2.30. The van der Waals surface area contributed by atoms with Crippen molar-refractivity contribution in [1.82, 2.24) is 10.6 Å². The number of nitrogens with one attached hydrogen (secondary N) is 2. The van der Waals surface area contributed by atoms with Gasteiger partial charge in [0.05, 0.1) is 0 Å². The van der Waals surface area contributed by atoms with Crippen LogP contribution in [0.3, 0.4) is 0 Å². The molecule has 2 N–H and O–H groups in total. The second-order valence-corrected chi connectivity index (χ2v) is 2.17. The van der Waals surface area contributed by atoms with Gasteiger partial charge in [0.15, 0.2) is 0 Å². The van der Waals surface area contributed by atoms with Crippen molar-refractivity contribution in [2.24, 2.45) is 0 Å². The fourth-order valence-electron chi connectivity index (χ4n) is 0.474. The van der Waals surface area contributed by atoms with Gasteiger partial charge in [-0.1, -0.05) is 13.2 Å². The van der Waals surface area contributed by atoms with Gasteiger partial charge in [-0.2, -0.15) is 0 Å². The Morgan fingerprint density at radius 3 is 1.67 bits per heavy atom. The van der Waals surface area contributed by atoms with Gasteiger partial charge in [-0.3, -0.25) is 9.59 Å². The Labute approximate surface area is 87.8 Å². The monoisotopic (exact) mass is 208 g/mol. The van der Waals surface area contributed by atoms with Crippen LogP contribution in [0.4, 0.5) is 0 Å². The second-order valence-electron chi connectivity index (χ2n) is 2.17. The summed E-state index contributed by atoms with van der Waals surface area (Å²) in [5.74, 6) is -0.669. The predicted molar refractivity (Wildman–Crippen MR) is 56.0 cm³/mol. The zero-order valence-corrected chi connectivity index (χ0v) is 8.10. The molecule has 0 aromatic rings. The molecule has 2 amide bonds. The van der Waals surface area contributed by atoms with Crippen LogP contribution in [0.15, 0.2) is 50.2 Å². The van der Waals surface area contributed by atoms with E-state index >= 15 is 0 Å². The van der Waals surface area contributed by atoms with Gasteiger partial charge in [-0.25, -0.2) is 0 Å². The molecule has 5 heteroatoms. The summed E-state index contributed by atoms with van der Waals surface area (Å²) in [7, 11) is 0. The third-order valence-electron chi connectivity index (χ3n) is 1.12. The van der Waals surface area contributed by atoms with Crippen molar-refractivity contribution in [3.05, 3.63) is 50.2 Å². The number of carbonyl (C=O) groups is 2. The molecule has 0 fully saturated rings. The van der Waals surface area contributed by atoms with E-state index in [1.807, 2.05) is 0 Å². The van der Waals surface area contributed by atoms with Crippen LogP contribution in [0.2, 0.25) is 0 Å². The van der Waals surface area contributed by atoms with E-state index in [-0.39, 0.29) is 11.8 Å². The molecule has 0 aromatic carbocycles. The summed E-state index contributed by atoms with van der Waals surface area (Å²) in [5.41, 5.74) is 0. The molecule has 0 aliphatic heterocycles. The van der Waals surface area contributed by atoms with Gasteiger partial charge in [0.25, 0.3) is 0 Å². The number of rotatable bonds is 6. The van der Waals surface area contributed by atoms with Gasteiger partial charge >= 0.3 is 0 Å². The number of ether oxygens (including phenoxy) is 1. The molecule has 0 heterocycles. The highest BCUT2D eigenvalue weighted by atomic mass is 16.5. The Morgan fingerprint density at radius 1 is 0.933 bits per heavy atom. The Kier molecular flexibility index (Phi) is 7.03. The lowest BCUT2D eigenvalue weighted by atomic mass is 10.6. The van der Waals surface area contributed by atoms with Crippen molar-refractivity contribution in [3.8, 4) is 0 Å². The first-order valence-electron chi connectivity index (χ1n) is 4.02. The number of hydrogen-bond acceptors (Lipinski definition) is 3. The fraction of sp³-hybridized carbons (Fsp3) is 0. The molecule has 0 rings (SSSR count). The van der Waals surface area contributed by atoms with Crippen molar-refractivity contribution < 1.29 is 14.3 Å². The van der Waals surface area contributed by atoms with E-state index in [2.05, 4.69) is 23.8 Å². The van der Waals surface area contributed by atoms with Gasteiger partial charge in [0.1, 0.15) is 12.5 Å². The third-order valence-corrected chi connectivity index (χ3v) is 1.12. The molecule has 0 unspecified atom stereocenters. The minimum Gasteiger partial charge on any atom is -0.470 e. The average molecular weight is 208 g/mol. The second kappa shape index (κ2) is 8.31. The SMILES string of the molecule is C=CC(=O)NC=COC=CNC(=O)C=C. The zero-order valence-electron chi connectivity index (χ0n) is 8.10. The van der Waals surface area contributed by atoms with E-state index in [9.17, 15) is 9.59 Å². The standard InChI is InChI=1S/C10H12N2O3/c1-3-9(13)11-5-7-15-8-6-12-10(14)4-2/h3-8H,1-2H2,(H,11,13)(H,12,14). The zero-order chi connectivity index (χ0) is 11.5. The smallest absolute Gasteiger partial charge is 0.247 e. The molecule has 0 saturated heterocycles.